The van der Waals surface area contributed by atoms with Crippen molar-refractivity contribution in [3.05, 3.63) is 0 Å². The molecule has 1 amide bonds. The molecule has 19 heavy (non-hydrogen) atoms. The molecule has 0 saturated carbocycles. The van der Waals surface area contributed by atoms with E-state index >= 15 is 0 Å². The Morgan fingerprint density at radius 1 is 1.32 bits per heavy atom. The third-order valence-corrected chi connectivity index (χ3v) is 3.68. The van der Waals surface area contributed by atoms with Crippen LogP contribution in [0, 0.1) is 0 Å². The van der Waals surface area contributed by atoms with Gasteiger partial charge in [0.15, 0.2) is 0 Å². The lowest BCUT2D eigenvalue weighted by Gasteiger charge is -2.32. The Kier molecular flexibility index (Phi) is 8.02. The molecular formula is C14H30N4O. The van der Waals surface area contributed by atoms with Crippen molar-refractivity contribution < 1.29 is 4.79 Å². The number of amides is 1. The molecule has 112 valence electrons. The van der Waals surface area contributed by atoms with Gasteiger partial charge in [0.2, 0.25) is 5.91 Å². The summed E-state index contributed by atoms with van der Waals surface area (Å²) >= 11 is 0. The van der Waals surface area contributed by atoms with Gasteiger partial charge >= 0.3 is 0 Å². The molecule has 1 aliphatic heterocycles. The first-order valence-electron chi connectivity index (χ1n) is 7.55. The summed E-state index contributed by atoms with van der Waals surface area (Å²) in [6.45, 7) is 8.53. The van der Waals surface area contributed by atoms with Crippen LogP contribution in [0.5, 0.6) is 0 Å². The van der Waals surface area contributed by atoms with E-state index in [9.17, 15) is 4.79 Å². The highest BCUT2D eigenvalue weighted by Gasteiger charge is 2.13. The summed E-state index contributed by atoms with van der Waals surface area (Å²) in [6.07, 6.45) is 3.45. The number of nitrogens with one attached hydrogen (secondary N) is 1. The van der Waals surface area contributed by atoms with E-state index in [0.29, 0.717) is 6.42 Å². The molecule has 1 heterocycles. The summed E-state index contributed by atoms with van der Waals surface area (Å²) in [6, 6.07) is 0.0163. The van der Waals surface area contributed by atoms with Crippen molar-refractivity contribution in [2.24, 2.45) is 5.73 Å². The molecule has 1 unspecified atom stereocenters. The summed E-state index contributed by atoms with van der Waals surface area (Å²) in [5, 5.41) is 2.96. The highest BCUT2D eigenvalue weighted by Crippen LogP contribution is 2.00. The predicted molar refractivity (Wildman–Crippen MR) is 79.1 cm³/mol. The molecule has 0 spiro atoms. The van der Waals surface area contributed by atoms with E-state index in [1.54, 1.807) is 0 Å². The maximum absolute atomic E-state index is 11.6. The van der Waals surface area contributed by atoms with E-state index in [4.69, 9.17) is 5.73 Å². The lowest BCUT2D eigenvalue weighted by molar-refractivity contribution is -0.121. The van der Waals surface area contributed by atoms with Gasteiger partial charge in [-0.05, 0) is 26.4 Å². The fourth-order valence-electron chi connectivity index (χ4n) is 2.39. The SMILES string of the molecule is CCCC(N)CC(=O)NCCCN1CCN(C)CC1. The fourth-order valence-corrected chi connectivity index (χ4v) is 2.39. The first-order valence-corrected chi connectivity index (χ1v) is 7.55. The maximum atomic E-state index is 11.6. The Morgan fingerprint density at radius 3 is 2.63 bits per heavy atom. The van der Waals surface area contributed by atoms with E-state index in [1.807, 2.05) is 0 Å². The average molecular weight is 270 g/mol. The van der Waals surface area contributed by atoms with Crippen molar-refractivity contribution in [1.82, 2.24) is 15.1 Å². The van der Waals surface area contributed by atoms with Crippen molar-refractivity contribution in [3.8, 4) is 0 Å². The molecule has 0 radical (unpaired) electrons. The van der Waals surface area contributed by atoms with Gasteiger partial charge in [-0.1, -0.05) is 13.3 Å². The number of carbonyl (C=O) groups excluding carboxylic acids is 1. The van der Waals surface area contributed by atoms with Crippen LogP contribution in [-0.4, -0.2) is 68.1 Å². The summed E-state index contributed by atoms with van der Waals surface area (Å²) in [5.41, 5.74) is 5.85. The first kappa shape index (κ1) is 16.4. The standard InChI is InChI=1S/C14H30N4O/c1-3-5-13(15)12-14(19)16-6-4-7-18-10-8-17(2)9-11-18/h13H,3-12,15H2,1-2H3,(H,16,19). The third-order valence-electron chi connectivity index (χ3n) is 3.68. The van der Waals surface area contributed by atoms with Crippen LogP contribution < -0.4 is 11.1 Å². The number of nitrogens with zero attached hydrogens (tertiary/aromatic N) is 2. The van der Waals surface area contributed by atoms with Crippen molar-refractivity contribution in [3.63, 3.8) is 0 Å². The van der Waals surface area contributed by atoms with E-state index in [2.05, 4.69) is 29.1 Å². The molecule has 5 heteroatoms. The largest absolute Gasteiger partial charge is 0.356 e. The van der Waals surface area contributed by atoms with E-state index < -0.39 is 0 Å². The Bertz CT molecular complexity index is 252. The molecule has 3 N–H and O–H groups in total. The normalized spacial score (nSPS) is 19.3. The van der Waals surface area contributed by atoms with Gasteiger partial charge < -0.3 is 20.9 Å². The van der Waals surface area contributed by atoms with Gasteiger partial charge in [0, 0.05) is 45.2 Å². The first-order chi connectivity index (χ1) is 9.11. The number of likely N-dealkylation sites (N-methyl/N-ethyl adjacent to an activating group) is 1. The van der Waals surface area contributed by atoms with Gasteiger partial charge in [-0.25, -0.2) is 0 Å². The molecule has 1 saturated heterocycles. The molecule has 5 nitrogen and oxygen atoms in total. The van der Waals surface area contributed by atoms with Crippen LogP contribution in [0.2, 0.25) is 0 Å². The van der Waals surface area contributed by atoms with Crippen LogP contribution >= 0.6 is 0 Å². The van der Waals surface area contributed by atoms with E-state index in [1.165, 1.54) is 0 Å². The Balaban J connectivity index is 1.99. The summed E-state index contributed by atoms with van der Waals surface area (Å²) in [7, 11) is 2.16. The molecule has 0 aromatic carbocycles. The minimum atomic E-state index is 0.0163. The van der Waals surface area contributed by atoms with Crippen molar-refractivity contribution in [2.75, 3.05) is 46.3 Å². The van der Waals surface area contributed by atoms with E-state index in [-0.39, 0.29) is 11.9 Å². The van der Waals surface area contributed by atoms with Gasteiger partial charge in [0.25, 0.3) is 0 Å². The molecule has 1 atom stereocenters. The second-order valence-electron chi connectivity index (χ2n) is 5.60. The molecule has 0 aromatic rings. The molecule has 0 bridgehead atoms. The molecule has 1 fully saturated rings. The van der Waals surface area contributed by atoms with Crippen molar-refractivity contribution in [2.45, 2.75) is 38.6 Å². The number of hydrogen-bond acceptors (Lipinski definition) is 4. The topological polar surface area (TPSA) is 61.6 Å². The predicted octanol–water partition coefficient (Wildman–Crippen LogP) is 0.258. The van der Waals surface area contributed by atoms with Gasteiger partial charge in [-0.3, -0.25) is 4.79 Å². The summed E-state index contributed by atoms with van der Waals surface area (Å²) < 4.78 is 0. The van der Waals surface area contributed by atoms with Crippen molar-refractivity contribution >= 4 is 5.91 Å². The van der Waals surface area contributed by atoms with Crippen LogP contribution in [-0.2, 0) is 4.79 Å². The van der Waals surface area contributed by atoms with E-state index in [0.717, 1.165) is 58.5 Å². The molecule has 1 rings (SSSR count). The number of piperazine rings is 1. The fraction of sp³-hybridized carbons (Fsp3) is 0.929. The second kappa shape index (κ2) is 9.28. The summed E-state index contributed by atoms with van der Waals surface area (Å²) in [4.78, 5) is 16.4. The Hall–Kier alpha value is -0.650. The van der Waals surface area contributed by atoms with Crippen LogP contribution in [0.3, 0.4) is 0 Å². The van der Waals surface area contributed by atoms with Crippen LogP contribution in [0.25, 0.3) is 0 Å². The molecule has 0 aromatic heterocycles. The number of rotatable bonds is 8. The quantitative estimate of drug-likeness (QED) is 0.621. The van der Waals surface area contributed by atoms with Gasteiger partial charge in [-0.2, -0.15) is 0 Å². The lowest BCUT2D eigenvalue weighted by atomic mass is 10.1. The number of hydrogen-bond donors (Lipinski definition) is 2. The third kappa shape index (κ3) is 7.50. The monoisotopic (exact) mass is 270 g/mol. The maximum Gasteiger partial charge on any atom is 0.221 e. The lowest BCUT2D eigenvalue weighted by Crippen LogP contribution is -2.45. The van der Waals surface area contributed by atoms with Gasteiger partial charge in [-0.15, -0.1) is 0 Å². The van der Waals surface area contributed by atoms with Gasteiger partial charge in [0.1, 0.15) is 0 Å². The van der Waals surface area contributed by atoms with Crippen LogP contribution in [0.15, 0.2) is 0 Å². The summed E-state index contributed by atoms with van der Waals surface area (Å²) in [5.74, 6) is 0.0966. The minimum absolute atomic E-state index is 0.0163. The zero-order chi connectivity index (χ0) is 14.1. The van der Waals surface area contributed by atoms with Crippen molar-refractivity contribution in [1.29, 1.82) is 0 Å². The zero-order valence-electron chi connectivity index (χ0n) is 12.5. The second-order valence-corrected chi connectivity index (χ2v) is 5.60. The Labute approximate surface area is 117 Å². The number of nitrogens with two attached hydrogens (primary N) is 1. The number of carbonyl (C=O) groups is 1. The molecule has 0 aliphatic carbocycles. The highest BCUT2D eigenvalue weighted by molar-refractivity contribution is 5.76. The molecular weight excluding hydrogens is 240 g/mol. The Morgan fingerprint density at radius 2 is 2.00 bits per heavy atom. The minimum Gasteiger partial charge on any atom is -0.356 e. The van der Waals surface area contributed by atoms with Crippen LogP contribution in [0.1, 0.15) is 32.6 Å². The molecule has 1 aliphatic rings. The average Bonchev–Trinajstić information content (AvgIpc) is 2.37. The smallest absolute Gasteiger partial charge is 0.221 e. The van der Waals surface area contributed by atoms with Crippen LogP contribution in [0.4, 0.5) is 0 Å². The highest BCUT2D eigenvalue weighted by atomic mass is 16.1. The van der Waals surface area contributed by atoms with Gasteiger partial charge in [0.05, 0.1) is 0 Å². The zero-order valence-corrected chi connectivity index (χ0v) is 12.5.